The lowest BCUT2D eigenvalue weighted by atomic mass is 9.65. The second-order valence-electron chi connectivity index (χ2n) is 10.5. The Morgan fingerprint density at radius 1 is 1.31 bits per heavy atom. The van der Waals surface area contributed by atoms with E-state index < -0.39 is 18.1 Å². The maximum atomic E-state index is 12.8. The Morgan fingerprint density at radius 2 is 2.11 bits per heavy atom. The molecule has 0 radical (unpaired) electrons. The Kier molecular flexibility index (Phi) is 7.61. The van der Waals surface area contributed by atoms with Gasteiger partial charge in [-0.2, -0.15) is 0 Å². The molecule has 3 aromatic rings. The third kappa shape index (κ3) is 5.98. The van der Waals surface area contributed by atoms with Crippen LogP contribution >= 0.6 is 0 Å². The summed E-state index contributed by atoms with van der Waals surface area (Å²) in [5, 5.41) is 0. The molecule has 6 heteroatoms. The van der Waals surface area contributed by atoms with Crippen LogP contribution < -0.4 is 0 Å². The zero-order chi connectivity index (χ0) is 27.5. The van der Waals surface area contributed by atoms with Crippen LogP contribution in [0, 0.1) is 12.8 Å². The highest BCUT2D eigenvalue weighted by Crippen LogP contribution is 2.48. The molecule has 6 nitrogen and oxygen atoms in total. The van der Waals surface area contributed by atoms with E-state index in [1.807, 2.05) is 31.3 Å². The van der Waals surface area contributed by atoms with Gasteiger partial charge in [0.05, 0.1) is 11.0 Å². The van der Waals surface area contributed by atoms with Gasteiger partial charge in [-0.1, -0.05) is 49.7 Å². The van der Waals surface area contributed by atoms with Gasteiger partial charge in [0.15, 0.2) is 0 Å². The van der Waals surface area contributed by atoms with Crippen molar-refractivity contribution >= 4 is 17.0 Å². The molecular weight excluding hydrogens is 450 g/mol. The number of para-hydroxylation sites is 2. The third-order valence-corrected chi connectivity index (χ3v) is 7.26. The number of ether oxygens (including phenoxy) is 2. The Labute approximate surface area is 218 Å². The Bertz CT molecular complexity index is 1230. The molecule has 194 valence electrons. The summed E-state index contributed by atoms with van der Waals surface area (Å²) in [4.78, 5) is 22.6. The molecule has 1 aliphatic rings. The van der Waals surface area contributed by atoms with Crippen LogP contribution in [-0.2, 0) is 27.1 Å². The summed E-state index contributed by atoms with van der Waals surface area (Å²) >= 11 is 0. The number of aromatic amines is 1. The Morgan fingerprint density at radius 3 is 2.86 bits per heavy atom. The average molecular weight is 494 g/mol. The molecule has 36 heavy (non-hydrogen) atoms. The van der Waals surface area contributed by atoms with Gasteiger partial charge in [0.25, 0.3) is 0 Å². The third-order valence-electron chi connectivity index (χ3n) is 7.26. The van der Waals surface area contributed by atoms with E-state index in [1.54, 1.807) is 4.90 Å². The molecule has 2 aromatic carbocycles. The van der Waals surface area contributed by atoms with E-state index in [0.717, 1.165) is 41.7 Å². The minimum atomic E-state index is -1.68. The number of aromatic nitrogens is 2. The SMILES string of the molecule is [2H]C([2H])(C[C@@]1(OC(=O)COC)CCc2cc(C)ccc2[C@@H]1C(C)C)N(C)CCCc1nc2ccccc2[nH]1. The van der Waals surface area contributed by atoms with Gasteiger partial charge in [0, 0.05) is 35.1 Å². The van der Waals surface area contributed by atoms with E-state index in [0.29, 0.717) is 13.0 Å². The first kappa shape index (κ1) is 23.7. The van der Waals surface area contributed by atoms with Crippen LogP contribution in [0.1, 0.15) is 64.3 Å². The number of hydrogen-bond donors (Lipinski definition) is 1. The van der Waals surface area contributed by atoms with Crippen molar-refractivity contribution in [1.29, 1.82) is 0 Å². The standard InChI is InChI=1S/C30H41N3O3/c1-21(2)29-24-13-12-22(3)19-23(24)14-15-30(29,36-28(34)20-35-5)16-18-33(4)17-8-11-27-31-25-9-6-7-10-26(25)32-27/h6-7,9-10,12-13,19,21,29H,8,11,14-18,20H2,1-5H3,(H,31,32)/t29-,30-/m0/s1/i18D2. The predicted octanol–water partition coefficient (Wildman–Crippen LogP) is 5.44. The van der Waals surface area contributed by atoms with Crippen LogP contribution in [0.3, 0.4) is 0 Å². The number of carbonyl (C=O) groups is 1. The first-order valence-electron chi connectivity index (χ1n) is 14.0. The van der Waals surface area contributed by atoms with Crippen LogP contribution in [-0.4, -0.2) is 60.2 Å². The van der Waals surface area contributed by atoms with Crippen LogP contribution in [0.25, 0.3) is 11.0 Å². The summed E-state index contributed by atoms with van der Waals surface area (Å²) in [6, 6.07) is 14.4. The summed E-state index contributed by atoms with van der Waals surface area (Å²) in [5.74, 6) is 0.495. The molecular formula is C30H41N3O3. The number of esters is 1. The van der Waals surface area contributed by atoms with Crippen molar-refractivity contribution in [2.45, 2.75) is 64.4 Å². The number of aryl methyl sites for hydroxylation is 3. The maximum Gasteiger partial charge on any atom is 0.332 e. The molecule has 0 unspecified atom stereocenters. The maximum absolute atomic E-state index is 12.8. The molecule has 0 amide bonds. The van der Waals surface area contributed by atoms with Crippen molar-refractivity contribution in [3.63, 3.8) is 0 Å². The molecule has 0 bridgehead atoms. The highest BCUT2D eigenvalue weighted by molar-refractivity contribution is 5.74. The number of carbonyl (C=O) groups excluding carboxylic acids is 1. The summed E-state index contributed by atoms with van der Waals surface area (Å²) in [6.45, 7) is 5.06. The van der Waals surface area contributed by atoms with E-state index in [-0.39, 0.29) is 24.9 Å². The molecule has 4 rings (SSSR count). The number of methoxy groups -OCH3 is 1. The van der Waals surface area contributed by atoms with E-state index in [9.17, 15) is 4.79 Å². The molecule has 0 saturated heterocycles. The number of nitrogens with one attached hydrogen (secondary N) is 1. The molecule has 1 aliphatic carbocycles. The number of nitrogens with zero attached hydrogens (tertiary/aromatic N) is 2. The molecule has 0 aliphatic heterocycles. The fraction of sp³-hybridized carbons (Fsp3) is 0.533. The summed E-state index contributed by atoms with van der Waals surface area (Å²) in [6.07, 6.45) is 2.89. The summed E-state index contributed by atoms with van der Waals surface area (Å²) in [5.41, 5.74) is 4.61. The lowest BCUT2D eigenvalue weighted by molar-refractivity contribution is -0.172. The molecule has 2 atom stereocenters. The van der Waals surface area contributed by atoms with Crippen molar-refractivity contribution in [1.82, 2.24) is 14.9 Å². The summed E-state index contributed by atoms with van der Waals surface area (Å²) < 4.78 is 29.5. The van der Waals surface area contributed by atoms with Crippen LogP contribution in [0.5, 0.6) is 0 Å². The van der Waals surface area contributed by atoms with Crippen molar-refractivity contribution in [3.8, 4) is 0 Å². The van der Waals surface area contributed by atoms with Gasteiger partial charge in [-0.15, -0.1) is 0 Å². The quantitative estimate of drug-likeness (QED) is 0.360. The molecule has 1 heterocycles. The molecule has 0 fully saturated rings. The van der Waals surface area contributed by atoms with Crippen molar-refractivity contribution in [2.24, 2.45) is 5.92 Å². The first-order chi connectivity index (χ1) is 18.0. The number of hydrogen-bond acceptors (Lipinski definition) is 5. The van der Waals surface area contributed by atoms with E-state index >= 15 is 0 Å². The van der Waals surface area contributed by atoms with Gasteiger partial charge < -0.3 is 19.4 Å². The van der Waals surface area contributed by atoms with Crippen molar-refractivity contribution < 1.29 is 17.0 Å². The van der Waals surface area contributed by atoms with Crippen LogP contribution in [0.15, 0.2) is 42.5 Å². The average Bonchev–Trinajstić information content (AvgIpc) is 3.26. The second kappa shape index (κ2) is 11.6. The number of rotatable bonds is 11. The monoisotopic (exact) mass is 493 g/mol. The lowest BCUT2D eigenvalue weighted by Gasteiger charge is -2.47. The van der Waals surface area contributed by atoms with Crippen molar-refractivity contribution in [2.75, 3.05) is 33.8 Å². The largest absolute Gasteiger partial charge is 0.457 e. The summed E-state index contributed by atoms with van der Waals surface area (Å²) in [7, 11) is 3.29. The number of benzene rings is 2. The second-order valence-corrected chi connectivity index (χ2v) is 10.5. The Hall–Kier alpha value is -2.70. The fourth-order valence-corrected chi connectivity index (χ4v) is 5.68. The minimum Gasteiger partial charge on any atom is -0.457 e. The smallest absolute Gasteiger partial charge is 0.332 e. The highest BCUT2D eigenvalue weighted by Gasteiger charge is 2.47. The van der Waals surface area contributed by atoms with Gasteiger partial charge in [0.1, 0.15) is 18.0 Å². The zero-order valence-electron chi connectivity index (χ0n) is 24.3. The molecule has 1 aromatic heterocycles. The number of imidazole rings is 1. The normalized spacial score (nSPS) is 20.9. The number of H-pyrrole nitrogens is 1. The molecule has 0 spiro atoms. The van der Waals surface area contributed by atoms with Gasteiger partial charge in [-0.05, 0) is 69.0 Å². The predicted molar refractivity (Wildman–Crippen MR) is 144 cm³/mol. The van der Waals surface area contributed by atoms with Gasteiger partial charge in [-0.3, -0.25) is 0 Å². The number of fused-ring (bicyclic) bond motifs is 2. The van der Waals surface area contributed by atoms with Gasteiger partial charge >= 0.3 is 5.97 Å². The Balaban J connectivity index is 1.54. The lowest BCUT2D eigenvalue weighted by Crippen LogP contribution is -2.49. The van der Waals surface area contributed by atoms with E-state index in [1.165, 1.54) is 18.2 Å². The molecule has 0 saturated carbocycles. The topological polar surface area (TPSA) is 67.5 Å². The minimum absolute atomic E-state index is 0.0900. The van der Waals surface area contributed by atoms with Gasteiger partial charge in [-0.25, -0.2) is 9.78 Å². The van der Waals surface area contributed by atoms with Crippen LogP contribution in [0.2, 0.25) is 0 Å². The molecule has 1 N–H and O–H groups in total. The van der Waals surface area contributed by atoms with E-state index in [2.05, 4.69) is 48.9 Å². The van der Waals surface area contributed by atoms with Crippen LogP contribution in [0.4, 0.5) is 0 Å². The highest BCUT2D eigenvalue weighted by atomic mass is 16.6. The van der Waals surface area contributed by atoms with Gasteiger partial charge in [0.2, 0.25) is 0 Å². The first-order valence-corrected chi connectivity index (χ1v) is 13.0. The fourth-order valence-electron chi connectivity index (χ4n) is 5.68. The zero-order valence-corrected chi connectivity index (χ0v) is 22.3. The van der Waals surface area contributed by atoms with E-state index in [4.69, 9.17) is 12.2 Å². The van der Waals surface area contributed by atoms with Crippen molar-refractivity contribution in [3.05, 3.63) is 65.0 Å².